The van der Waals surface area contributed by atoms with Crippen molar-refractivity contribution < 1.29 is 9.53 Å². The Morgan fingerprint density at radius 3 is 2.78 bits per heavy atom. The molecule has 3 heterocycles. The van der Waals surface area contributed by atoms with Crippen LogP contribution in [0.5, 0.6) is 5.88 Å². The Balaban J connectivity index is 1.65. The number of hydrogen-bond donors (Lipinski definition) is 1. The first-order valence-electron chi connectivity index (χ1n) is 8.26. The fourth-order valence-electron chi connectivity index (χ4n) is 2.83. The molecule has 0 saturated carbocycles. The minimum Gasteiger partial charge on any atom is -0.481 e. The molecule has 0 saturated heterocycles. The molecule has 27 heavy (non-hydrogen) atoms. The molecule has 9 nitrogen and oxygen atoms in total. The third-order valence-electron chi connectivity index (χ3n) is 4.04. The first-order valence-corrected chi connectivity index (χ1v) is 8.26. The highest BCUT2D eigenvalue weighted by atomic mass is 16.5. The van der Waals surface area contributed by atoms with Crippen LogP contribution < -0.4 is 10.1 Å². The normalized spacial score (nSPS) is 10.9. The second-order valence-corrected chi connectivity index (χ2v) is 5.94. The molecule has 0 aliphatic carbocycles. The van der Waals surface area contributed by atoms with E-state index in [-0.39, 0.29) is 12.5 Å². The van der Waals surface area contributed by atoms with Crippen molar-refractivity contribution >= 4 is 22.6 Å². The summed E-state index contributed by atoms with van der Waals surface area (Å²) in [6, 6.07) is 11.4. The summed E-state index contributed by atoms with van der Waals surface area (Å²) in [5.41, 5.74) is 2.46. The number of anilines is 1. The van der Waals surface area contributed by atoms with E-state index in [1.807, 2.05) is 30.3 Å². The van der Waals surface area contributed by atoms with Gasteiger partial charge in [0.25, 0.3) is 0 Å². The lowest BCUT2D eigenvalue weighted by Crippen LogP contribution is -2.19. The van der Waals surface area contributed by atoms with Crippen LogP contribution in [0.25, 0.3) is 22.2 Å². The van der Waals surface area contributed by atoms with Crippen LogP contribution in [-0.4, -0.2) is 42.8 Å². The summed E-state index contributed by atoms with van der Waals surface area (Å²) in [6.07, 6.45) is 3.34. The van der Waals surface area contributed by atoms with Gasteiger partial charge < -0.3 is 10.1 Å². The zero-order valence-electron chi connectivity index (χ0n) is 14.8. The second-order valence-electron chi connectivity index (χ2n) is 5.94. The smallest absolute Gasteiger partial charge is 0.247 e. The molecule has 9 heteroatoms. The average molecular weight is 363 g/mol. The molecular formula is C18H17N7O2. The number of amides is 1. The van der Waals surface area contributed by atoms with E-state index in [4.69, 9.17) is 4.74 Å². The fourth-order valence-corrected chi connectivity index (χ4v) is 2.83. The standard InChI is InChI=1S/C18H17N7O2/c1-24-10-15(21-23-24)20-16(26)11-25-14-6-4-3-5-13(14)18(22-25)12-7-8-17(27-2)19-9-12/h3-10H,11H2,1-2H3,(H,20,26). The molecule has 4 rings (SSSR count). The van der Waals surface area contributed by atoms with Gasteiger partial charge in [0, 0.05) is 30.3 Å². The maximum absolute atomic E-state index is 12.4. The van der Waals surface area contributed by atoms with Crippen molar-refractivity contribution in [3.05, 3.63) is 48.8 Å². The Bertz CT molecular complexity index is 1100. The number of aromatic nitrogens is 6. The molecule has 3 aromatic heterocycles. The number of nitrogens with zero attached hydrogens (tertiary/aromatic N) is 6. The molecular weight excluding hydrogens is 346 g/mol. The second kappa shape index (κ2) is 6.87. The molecule has 1 aromatic carbocycles. The Morgan fingerprint density at radius 1 is 1.22 bits per heavy atom. The summed E-state index contributed by atoms with van der Waals surface area (Å²) in [5, 5.41) is 16.0. The number of para-hydroxylation sites is 1. The Kier molecular flexibility index (Phi) is 4.25. The van der Waals surface area contributed by atoms with E-state index in [0.29, 0.717) is 11.7 Å². The van der Waals surface area contributed by atoms with Gasteiger partial charge in [0.1, 0.15) is 12.2 Å². The molecule has 0 unspecified atom stereocenters. The quantitative estimate of drug-likeness (QED) is 0.581. The van der Waals surface area contributed by atoms with Gasteiger partial charge in [-0.2, -0.15) is 5.10 Å². The number of rotatable bonds is 5. The molecule has 0 radical (unpaired) electrons. The first-order chi connectivity index (χ1) is 13.1. The zero-order chi connectivity index (χ0) is 18.8. The van der Waals surface area contributed by atoms with Crippen LogP contribution in [0.2, 0.25) is 0 Å². The van der Waals surface area contributed by atoms with E-state index in [0.717, 1.165) is 22.2 Å². The molecule has 0 spiro atoms. The number of ether oxygens (including phenoxy) is 1. The van der Waals surface area contributed by atoms with Crippen LogP contribution in [0.1, 0.15) is 0 Å². The van der Waals surface area contributed by atoms with Crippen LogP contribution in [0.3, 0.4) is 0 Å². The number of fused-ring (bicyclic) bond motifs is 1. The van der Waals surface area contributed by atoms with Gasteiger partial charge in [0.05, 0.1) is 18.8 Å². The van der Waals surface area contributed by atoms with Crippen molar-refractivity contribution in [1.82, 2.24) is 29.8 Å². The molecule has 0 fully saturated rings. The lowest BCUT2D eigenvalue weighted by atomic mass is 10.1. The van der Waals surface area contributed by atoms with Crippen LogP contribution in [0, 0.1) is 0 Å². The van der Waals surface area contributed by atoms with Crippen molar-refractivity contribution in [1.29, 1.82) is 0 Å². The van der Waals surface area contributed by atoms with Gasteiger partial charge in [-0.1, -0.05) is 23.4 Å². The molecule has 1 amide bonds. The lowest BCUT2D eigenvalue weighted by molar-refractivity contribution is -0.116. The Hall–Kier alpha value is -3.75. The summed E-state index contributed by atoms with van der Waals surface area (Å²) < 4.78 is 8.30. The molecule has 0 aliphatic heterocycles. The highest BCUT2D eigenvalue weighted by Crippen LogP contribution is 2.28. The molecule has 136 valence electrons. The molecule has 4 aromatic rings. The highest BCUT2D eigenvalue weighted by Gasteiger charge is 2.15. The maximum Gasteiger partial charge on any atom is 0.247 e. The van der Waals surface area contributed by atoms with Crippen LogP contribution >= 0.6 is 0 Å². The van der Waals surface area contributed by atoms with Gasteiger partial charge in [0.15, 0.2) is 5.82 Å². The van der Waals surface area contributed by atoms with Gasteiger partial charge in [-0.25, -0.2) is 4.98 Å². The minimum atomic E-state index is -0.233. The number of carbonyl (C=O) groups excluding carboxylic acids is 1. The Morgan fingerprint density at radius 2 is 2.07 bits per heavy atom. The predicted octanol–water partition coefficient (Wildman–Crippen LogP) is 1.87. The Labute approximate surface area is 154 Å². The van der Waals surface area contributed by atoms with E-state index in [2.05, 4.69) is 25.7 Å². The van der Waals surface area contributed by atoms with Crippen molar-refractivity contribution in [3.63, 3.8) is 0 Å². The van der Waals surface area contributed by atoms with Gasteiger partial charge >= 0.3 is 0 Å². The van der Waals surface area contributed by atoms with Gasteiger partial charge in [-0.05, 0) is 12.1 Å². The number of carbonyl (C=O) groups is 1. The molecule has 1 N–H and O–H groups in total. The third kappa shape index (κ3) is 3.34. The van der Waals surface area contributed by atoms with Gasteiger partial charge in [0.2, 0.25) is 11.8 Å². The van der Waals surface area contributed by atoms with Crippen molar-refractivity contribution in [3.8, 4) is 17.1 Å². The van der Waals surface area contributed by atoms with Crippen LogP contribution in [-0.2, 0) is 18.4 Å². The number of nitrogens with one attached hydrogen (secondary N) is 1. The van der Waals surface area contributed by atoms with Crippen LogP contribution in [0.15, 0.2) is 48.8 Å². The van der Waals surface area contributed by atoms with E-state index in [9.17, 15) is 4.79 Å². The van der Waals surface area contributed by atoms with E-state index >= 15 is 0 Å². The van der Waals surface area contributed by atoms with E-state index in [1.165, 1.54) is 4.68 Å². The topological polar surface area (TPSA) is 99.8 Å². The number of aryl methyl sites for hydroxylation is 1. The number of hydrogen-bond acceptors (Lipinski definition) is 6. The SMILES string of the molecule is COc1ccc(-c2nn(CC(=O)Nc3cn(C)nn3)c3ccccc23)cn1. The summed E-state index contributed by atoms with van der Waals surface area (Å²) >= 11 is 0. The molecule has 0 bridgehead atoms. The van der Waals surface area contributed by atoms with E-state index in [1.54, 1.807) is 37.3 Å². The number of pyridine rings is 1. The highest BCUT2D eigenvalue weighted by molar-refractivity contribution is 5.95. The molecule has 0 aliphatic rings. The van der Waals surface area contributed by atoms with Gasteiger partial charge in [-0.3, -0.25) is 14.2 Å². The average Bonchev–Trinajstić information content (AvgIpc) is 3.25. The van der Waals surface area contributed by atoms with Crippen LogP contribution in [0.4, 0.5) is 5.82 Å². The van der Waals surface area contributed by atoms with Crippen molar-refractivity contribution in [2.24, 2.45) is 7.05 Å². The minimum absolute atomic E-state index is 0.0562. The summed E-state index contributed by atoms with van der Waals surface area (Å²) in [5.74, 6) is 0.701. The van der Waals surface area contributed by atoms with Crippen molar-refractivity contribution in [2.45, 2.75) is 6.54 Å². The largest absolute Gasteiger partial charge is 0.481 e. The summed E-state index contributed by atoms with van der Waals surface area (Å²) in [4.78, 5) is 16.6. The first kappa shape index (κ1) is 16.7. The van der Waals surface area contributed by atoms with Crippen molar-refractivity contribution in [2.75, 3.05) is 12.4 Å². The fraction of sp³-hybridized carbons (Fsp3) is 0.167. The van der Waals surface area contributed by atoms with Gasteiger partial charge in [-0.15, -0.1) is 5.10 Å². The maximum atomic E-state index is 12.4. The summed E-state index contributed by atoms with van der Waals surface area (Å²) in [6.45, 7) is 0.0562. The number of benzene rings is 1. The zero-order valence-corrected chi connectivity index (χ0v) is 14.8. The lowest BCUT2D eigenvalue weighted by Gasteiger charge is -2.03. The third-order valence-corrected chi connectivity index (χ3v) is 4.04. The monoisotopic (exact) mass is 363 g/mol. The molecule has 0 atom stereocenters. The predicted molar refractivity (Wildman–Crippen MR) is 99.1 cm³/mol. The van der Waals surface area contributed by atoms with E-state index < -0.39 is 0 Å². The summed E-state index contributed by atoms with van der Waals surface area (Å²) in [7, 11) is 3.31. The number of methoxy groups -OCH3 is 1.